The molecule has 2 heteroatoms. The quantitative estimate of drug-likeness (QED) is 0.131. The first-order valence-corrected chi connectivity index (χ1v) is 25.5. The van der Waals surface area contributed by atoms with E-state index in [4.69, 9.17) is 0 Å². The normalized spacial score (nSPS) is 11.5. The SMILES string of the molecule is c1ccc(-n2c3ccccc3c3c(-c4cccc(-c5cccc(N(c6ccc(-c7ccc(-c8cccc9ccccc89)cc7)cc6)c6ccc(-c7ccc8c(ccc9ccccc98)c7)cc6)c5)c4)cccc32)cc1. The third-order valence-corrected chi connectivity index (χ3v) is 15.0. The maximum Gasteiger partial charge on any atom is 0.0547 e. The largest absolute Gasteiger partial charge is 0.310 e. The molecule has 0 aliphatic rings. The van der Waals surface area contributed by atoms with Gasteiger partial charge in [0.25, 0.3) is 0 Å². The lowest BCUT2D eigenvalue weighted by Crippen LogP contribution is -2.10. The van der Waals surface area contributed by atoms with Crippen LogP contribution >= 0.6 is 0 Å². The summed E-state index contributed by atoms with van der Waals surface area (Å²) in [5.74, 6) is 0. The van der Waals surface area contributed by atoms with Gasteiger partial charge in [0.2, 0.25) is 0 Å². The Kier molecular flexibility index (Phi) is 10.6. The molecule has 13 aromatic carbocycles. The second-order valence-corrected chi connectivity index (χ2v) is 19.3. The van der Waals surface area contributed by atoms with Crippen LogP contribution in [0.25, 0.3) is 115 Å². The van der Waals surface area contributed by atoms with Gasteiger partial charge in [-0.1, -0.05) is 218 Å². The summed E-state index contributed by atoms with van der Waals surface area (Å²) >= 11 is 0. The molecule has 14 aromatic rings. The van der Waals surface area contributed by atoms with Gasteiger partial charge in [-0.15, -0.1) is 0 Å². The minimum Gasteiger partial charge on any atom is -0.310 e. The van der Waals surface area contributed by atoms with Crippen LogP contribution < -0.4 is 4.90 Å². The predicted octanol–water partition coefficient (Wildman–Crippen LogP) is 20.0. The van der Waals surface area contributed by atoms with Gasteiger partial charge in [-0.3, -0.25) is 0 Å². The first-order valence-electron chi connectivity index (χ1n) is 25.5. The van der Waals surface area contributed by atoms with E-state index in [1.165, 1.54) is 98.6 Å². The number of rotatable bonds is 9. The number of hydrogen-bond donors (Lipinski definition) is 0. The summed E-state index contributed by atoms with van der Waals surface area (Å²) in [7, 11) is 0. The number of fused-ring (bicyclic) bond motifs is 7. The smallest absolute Gasteiger partial charge is 0.0547 e. The van der Waals surface area contributed by atoms with Crippen LogP contribution in [0.4, 0.5) is 17.1 Å². The van der Waals surface area contributed by atoms with Crippen molar-refractivity contribution in [2.45, 2.75) is 0 Å². The highest BCUT2D eigenvalue weighted by Gasteiger charge is 2.18. The molecule has 0 bridgehead atoms. The van der Waals surface area contributed by atoms with Crippen LogP contribution in [-0.2, 0) is 0 Å². The summed E-state index contributed by atoms with van der Waals surface area (Å²) < 4.78 is 2.39. The van der Waals surface area contributed by atoms with Crippen molar-refractivity contribution in [2.75, 3.05) is 4.90 Å². The number of nitrogens with zero attached hydrogens (tertiary/aromatic N) is 2. The maximum atomic E-state index is 2.39. The number of benzene rings is 13. The summed E-state index contributed by atoms with van der Waals surface area (Å²) in [4.78, 5) is 2.39. The molecule has 0 saturated heterocycles. The molecule has 0 aliphatic carbocycles. The van der Waals surface area contributed by atoms with E-state index in [1.54, 1.807) is 0 Å². The van der Waals surface area contributed by atoms with Gasteiger partial charge in [-0.2, -0.15) is 0 Å². The molecule has 0 N–H and O–H groups in total. The summed E-state index contributed by atoms with van der Waals surface area (Å²) in [6, 6.07) is 106. The fourth-order valence-corrected chi connectivity index (χ4v) is 11.4. The van der Waals surface area contributed by atoms with E-state index in [9.17, 15) is 0 Å². The van der Waals surface area contributed by atoms with Crippen molar-refractivity contribution in [3.63, 3.8) is 0 Å². The molecule has 14 rings (SSSR count). The average Bonchev–Trinajstić information content (AvgIpc) is 3.82. The van der Waals surface area contributed by atoms with E-state index in [2.05, 4.69) is 301 Å². The Balaban J connectivity index is 0.837. The van der Waals surface area contributed by atoms with Gasteiger partial charge < -0.3 is 9.47 Å². The lowest BCUT2D eigenvalue weighted by atomic mass is 9.95. The molecular weight excluding hydrogens is 893 g/mol. The Labute approximate surface area is 430 Å². The minimum atomic E-state index is 1.08. The molecule has 0 radical (unpaired) electrons. The van der Waals surface area contributed by atoms with Gasteiger partial charge in [0, 0.05) is 33.5 Å². The van der Waals surface area contributed by atoms with Gasteiger partial charge in [-0.05, 0) is 161 Å². The second-order valence-electron chi connectivity index (χ2n) is 19.3. The lowest BCUT2D eigenvalue weighted by Gasteiger charge is -2.26. The third-order valence-electron chi connectivity index (χ3n) is 15.0. The minimum absolute atomic E-state index is 1.08. The Morgan fingerprint density at radius 2 is 0.716 bits per heavy atom. The fourth-order valence-electron chi connectivity index (χ4n) is 11.4. The monoisotopic (exact) mass is 940 g/mol. The lowest BCUT2D eigenvalue weighted by molar-refractivity contribution is 1.18. The van der Waals surface area contributed by atoms with E-state index in [1.807, 2.05) is 0 Å². The topological polar surface area (TPSA) is 8.17 Å². The molecule has 0 saturated carbocycles. The first-order chi connectivity index (χ1) is 36.7. The molecule has 0 unspecified atom stereocenters. The molecule has 0 atom stereocenters. The third kappa shape index (κ3) is 7.60. The van der Waals surface area contributed by atoms with Crippen molar-refractivity contribution in [2.24, 2.45) is 0 Å². The number of para-hydroxylation sites is 2. The summed E-state index contributed by atoms with van der Waals surface area (Å²) in [5, 5.41) is 10.1. The Bertz CT molecular complexity index is 4390. The molecule has 1 heterocycles. The number of aromatic nitrogens is 1. The van der Waals surface area contributed by atoms with Crippen molar-refractivity contribution in [3.05, 3.63) is 291 Å². The molecule has 346 valence electrons. The highest BCUT2D eigenvalue weighted by molar-refractivity contribution is 6.16. The van der Waals surface area contributed by atoms with E-state index in [0.29, 0.717) is 0 Å². The van der Waals surface area contributed by atoms with E-state index >= 15 is 0 Å². The van der Waals surface area contributed by atoms with Gasteiger partial charge in [-0.25, -0.2) is 0 Å². The summed E-state index contributed by atoms with van der Waals surface area (Å²) in [5.41, 5.74) is 18.7. The van der Waals surface area contributed by atoms with Crippen LogP contribution in [0.3, 0.4) is 0 Å². The zero-order valence-electron chi connectivity index (χ0n) is 40.6. The van der Waals surface area contributed by atoms with Crippen LogP contribution in [0.2, 0.25) is 0 Å². The second kappa shape index (κ2) is 18.1. The molecule has 0 amide bonds. The standard InChI is InChI=1S/C72H48N2/c1-2-20-60(21-3-1)74-70-28-9-8-25-69(70)72-68(27-13-29-71(72)74)58-19-10-17-55(46-58)56-18-11-22-63(48-56)73(62-43-38-51(39-44-62)57-40-45-67-59(47-57)35-34-53-15-5-7-24-65(53)67)61-41-36-50(37-42-61)49-30-32-54(33-31-49)66-26-12-16-52-14-4-6-23-64(52)66/h1-48H. The van der Waals surface area contributed by atoms with Crippen molar-refractivity contribution in [1.29, 1.82) is 0 Å². The molecule has 2 nitrogen and oxygen atoms in total. The Morgan fingerprint density at radius 3 is 1.49 bits per heavy atom. The average molecular weight is 941 g/mol. The Morgan fingerprint density at radius 1 is 0.230 bits per heavy atom. The zero-order chi connectivity index (χ0) is 49.0. The highest BCUT2D eigenvalue weighted by atomic mass is 15.1. The molecule has 0 spiro atoms. The van der Waals surface area contributed by atoms with E-state index in [-0.39, 0.29) is 0 Å². The maximum absolute atomic E-state index is 2.39. The molecule has 0 aliphatic heterocycles. The summed E-state index contributed by atoms with van der Waals surface area (Å²) in [6.07, 6.45) is 0. The van der Waals surface area contributed by atoms with Gasteiger partial charge >= 0.3 is 0 Å². The van der Waals surface area contributed by atoms with Crippen molar-refractivity contribution >= 4 is 71.2 Å². The van der Waals surface area contributed by atoms with Crippen molar-refractivity contribution in [3.8, 4) is 61.3 Å². The van der Waals surface area contributed by atoms with Crippen LogP contribution in [0.1, 0.15) is 0 Å². The molecular formula is C72H48N2. The van der Waals surface area contributed by atoms with Crippen LogP contribution in [0, 0.1) is 0 Å². The fraction of sp³-hybridized carbons (Fsp3) is 0. The van der Waals surface area contributed by atoms with Gasteiger partial charge in [0.05, 0.1) is 11.0 Å². The molecule has 0 fully saturated rings. The van der Waals surface area contributed by atoms with Crippen molar-refractivity contribution < 1.29 is 0 Å². The predicted molar refractivity (Wildman–Crippen MR) is 315 cm³/mol. The van der Waals surface area contributed by atoms with Gasteiger partial charge in [0.15, 0.2) is 0 Å². The zero-order valence-corrected chi connectivity index (χ0v) is 40.6. The Hall–Kier alpha value is -9.76. The first kappa shape index (κ1) is 43.1. The summed E-state index contributed by atoms with van der Waals surface area (Å²) in [6.45, 7) is 0. The van der Waals surface area contributed by atoms with E-state index in [0.717, 1.165) is 33.9 Å². The highest BCUT2D eigenvalue weighted by Crippen LogP contribution is 2.42. The number of anilines is 3. The van der Waals surface area contributed by atoms with Crippen LogP contribution in [0.5, 0.6) is 0 Å². The molecule has 74 heavy (non-hydrogen) atoms. The van der Waals surface area contributed by atoms with E-state index < -0.39 is 0 Å². The van der Waals surface area contributed by atoms with Crippen LogP contribution in [0.15, 0.2) is 291 Å². The van der Waals surface area contributed by atoms with Crippen LogP contribution in [-0.4, -0.2) is 4.57 Å². The molecule has 1 aromatic heterocycles. The number of hydrogen-bond acceptors (Lipinski definition) is 1. The van der Waals surface area contributed by atoms with Crippen molar-refractivity contribution in [1.82, 2.24) is 4.57 Å². The van der Waals surface area contributed by atoms with Gasteiger partial charge in [0.1, 0.15) is 0 Å².